The van der Waals surface area contributed by atoms with Crippen molar-refractivity contribution in [2.45, 2.75) is 13.0 Å². The third kappa shape index (κ3) is 4.52. The standard InChI is InChI=1S/C16H16N2O5/c1-11(19)10-17-16(20)12-5-4-6-13(9-12)23-15-8-3-2-7-14(15)18(21)22/h2-9,11,19H,10H2,1H3,(H,17,20)/t11-/m1/s1. The summed E-state index contributed by atoms with van der Waals surface area (Å²) in [6, 6.07) is 12.3. The lowest BCUT2D eigenvalue weighted by Gasteiger charge is -2.09. The molecule has 0 aliphatic rings. The molecule has 2 rings (SSSR count). The van der Waals surface area contributed by atoms with E-state index in [1.54, 1.807) is 37.3 Å². The van der Waals surface area contributed by atoms with E-state index in [0.29, 0.717) is 11.3 Å². The second-order valence-corrected chi connectivity index (χ2v) is 4.91. The Kier molecular flexibility index (Phi) is 5.27. The van der Waals surface area contributed by atoms with Gasteiger partial charge in [0.25, 0.3) is 5.91 Å². The van der Waals surface area contributed by atoms with Crippen LogP contribution in [0.25, 0.3) is 0 Å². The van der Waals surface area contributed by atoms with E-state index >= 15 is 0 Å². The van der Waals surface area contributed by atoms with E-state index in [2.05, 4.69) is 5.32 Å². The summed E-state index contributed by atoms with van der Waals surface area (Å²) >= 11 is 0. The van der Waals surface area contributed by atoms with E-state index in [9.17, 15) is 20.0 Å². The molecule has 2 aromatic carbocycles. The molecule has 0 unspecified atom stereocenters. The van der Waals surface area contributed by atoms with Gasteiger partial charge in [0.15, 0.2) is 0 Å². The van der Waals surface area contributed by atoms with E-state index in [1.807, 2.05) is 0 Å². The van der Waals surface area contributed by atoms with Crippen molar-refractivity contribution in [3.8, 4) is 11.5 Å². The normalized spacial score (nSPS) is 11.6. The zero-order chi connectivity index (χ0) is 16.8. The summed E-state index contributed by atoms with van der Waals surface area (Å²) in [5.74, 6) is 0.0435. The number of aliphatic hydroxyl groups is 1. The molecule has 23 heavy (non-hydrogen) atoms. The van der Waals surface area contributed by atoms with Crippen LogP contribution in [-0.4, -0.2) is 28.6 Å². The third-order valence-corrected chi connectivity index (χ3v) is 2.94. The van der Waals surface area contributed by atoms with Crippen LogP contribution in [0.4, 0.5) is 5.69 Å². The van der Waals surface area contributed by atoms with Gasteiger partial charge in [0.1, 0.15) is 5.75 Å². The van der Waals surface area contributed by atoms with Crippen molar-refractivity contribution in [1.29, 1.82) is 0 Å². The molecular formula is C16H16N2O5. The van der Waals surface area contributed by atoms with Gasteiger partial charge >= 0.3 is 5.69 Å². The average molecular weight is 316 g/mol. The Labute approximate surface area is 132 Å². The summed E-state index contributed by atoms with van der Waals surface area (Å²) < 4.78 is 5.52. The summed E-state index contributed by atoms with van der Waals surface area (Å²) in [6.07, 6.45) is -0.648. The van der Waals surface area contributed by atoms with Gasteiger partial charge in [-0.15, -0.1) is 0 Å². The van der Waals surface area contributed by atoms with Crippen LogP contribution >= 0.6 is 0 Å². The number of carbonyl (C=O) groups excluding carboxylic acids is 1. The largest absolute Gasteiger partial charge is 0.450 e. The quantitative estimate of drug-likeness (QED) is 0.630. The molecule has 120 valence electrons. The number of nitrogens with zero attached hydrogens (tertiary/aromatic N) is 1. The highest BCUT2D eigenvalue weighted by molar-refractivity contribution is 5.94. The number of nitrogens with one attached hydrogen (secondary N) is 1. The molecule has 0 radical (unpaired) electrons. The smallest absolute Gasteiger partial charge is 0.311 e. The van der Waals surface area contributed by atoms with Gasteiger partial charge in [-0.2, -0.15) is 0 Å². The number of hydrogen-bond acceptors (Lipinski definition) is 5. The first kappa shape index (κ1) is 16.4. The Hall–Kier alpha value is -2.93. The van der Waals surface area contributed by atoms with E-state index in [-0.39, 0.29) is 23.9 Å². The number of aliphatic hydroxyl groups excluding tert-OH is 1. The zero-order valence-corrected chi connectivity index (χ0v) is 12.4. The third-order valence-electron chi connectivity index (χ3n) is 2.94. The van der Waals surface area contributed by atoms with Gasteiger partial charge in [-0.25, -0.2) is 0 Å². The van der Waals surface area contributed by atoms with Crippen LogP contribution in [-0.2, 0) is 0 Å². The first-order chi connectivity index (χ1) is 11.0. The first-order valence-electron chi connectivity index (χ1n) is 6.95. The van der Waals surface area contributed by atoms with Crippen molar-refractivity contribution >= 4 is 11.6 Å². The van der Waals surface area contributed by atoms with Gasteiger partial charge in [-0.1, -0.05) is 18.2 Å². The Morgan fingerprint density at radius 1 is 1.30 bits per heavy atom. The monoisotopic (exact) mass is 316 g/mol. The minimum Gasteiger partial charge on any atom is -0.450 e. The topological polar surface area (TPSA) is 102 Å². The molecular weight excluding hydrogens is 300 g/mol. The van der Waals surface area contributed by atoms with E-state index < -0.39 is 11.0 Å². The van der Waals surface area contributed by atoms with Gasteiger partial charge in [0, 0.05) is 18.2 Å². The molecule has 0 aliphatic heterocycles. The number of carbonyl (C=O) groups is 1. The average Bonchev–Trinajstić information content (AvgIpc) is 2.53. The number of amides is 1. The maximum atomic E-state index is 11.9. The first-order valence-corrected chi connectivity index (χ1v) is 6.95. The predicted molar refractivity (Wildman–Crippen MR) is 83.6 cm³/mol. The van der Waals surface area contributed by atoms with Crippen molar-refractivity contribution in [1.82, 2.24) is 5.32 Å². The van der Waals surface area contributed by atoms with Crippen LogP contribution in [0.3, 0.4) is 0 Å². The highest BCUT2D eigenvalue weighted by Gasteiger charge is 2.15. The summed E-state index contributed by atoms with van der Waals surface area (Å²) in [7, 11) is 0. The fourth-order valence-corrected chi connectivity index (χ4v) is 1.86. The van der Waals surface area contributed by atoms with Crippen LogP contribution in [0.2, 0.25) is 0 Å². The fraction of sp³-hybridized carbons (Fsp3) is 0.188. The zero-order valence-electron chi connectivity index (χ0n) is 12.4. The van der Waals surface area contributed by atoms with Crippen LogP contribution in [0.15, 0.2) is 48.5 Å². The highest BCUT2D eigenvalue weighted by Crippen LogP contribution is 2.30. The van der Waals surface area contributed by atoms with Gasteiger partial charge < -0.3 is 15.2 Å². The van der Waals surface area contributed by atoms with Crippen LogP contribution < -0.4 is 10.1 Å². The molecule has 0 spiro atoms. The maximum absolute atomic E-state index is 11.9. The molecule has 1 atom stereocenters. The summed E-state index contributed by atoms with van der Waals surface area (Å²) in [5.41, 5.74) is 0.179. The Morgan fingerprint density at radius 3 is 2.74 bits per heavy atom. The lowest BCUT2D eigenvalue weighted by Crippen LogP contribution is -2.30. The number of benzene rings is 2. The number of ether oxygens (including phenoxy) is 1. The number of para-hydroxylation sites is 2. The Bertz CT molecular complexity index is 715. The summed E-state index contributed by atoms with van der Waals surface area (Å²) in [4.78, 5) is 22.4. The van der Waals surface area contributed by atoms with Crippen LogP contribution in [0.1, 0.15) is 17.3 Å². The minimum atomic E-state index is -0.648. The molecule has 2 aromatic rings. The summed E-state index contributed by atoms with van der Waals surface area (Å²) in [5, 5.41) is 22.7. The molecule has 0 fully saturated rings. The minimum absolute atomic E-state index is 0.0963. The lowest BCUT2D eigenvalue weighted by molar-refractivity contribution is -0.385. The van der Waals surface area contributed by atoms with E-state index in [1.165, 1.54) is 18.2 Å². The van der Waals surface area contributed by atoms with Crippen molar-refractivity contribution in [3.63, 3.8) is 0 Å². The van der Waals surface area contributed by atoms with Crippen molar-refractivity contribution in [3.05, 3.63) is 64.2 Å². The van der Waals surface area contributed by atoms with E-state index in [4.69, 9.17) is 4.74 Å². The Morgan fingerprint density at radius 2 is 2.04 bits per heavy atom. The highest BCUT2D eigenvalue weighted by atomic mass is 16.6. The van der Waals surface area contributed by atoms with Gasteiger partial charge in [0.2, 0.25) is 5.75 Å². The van der Waals surface area contributed by atoms with Gasteiger partial charge in [-0.3, -0.25) is 14.9 Å². The molecule has 0 saturated carbocycles. The Balaban J connectivity index is 2.18. The number of hydrogen-bond donors (Lipinski definition) is 2. The molecule has 7 nitrogen and oxygen atoms in total. The molecule has 7 heteroatoms. The van der Waals surface area contributed by atoms with Crippen LogP contribution in [0, 0.1) is 10.1 Å². The van der Waals surface area contributed by atoms with Crippen molar-refractivity contribution in [2.24, 2.45) is 0 Å². The lowest BCUT2D eigenvalue weighted by atomic mass is 10.2. The predicted octanol–water partition coefficient (Wildman–Crippen LogP) is 2.50. The van der Waals surface area contributed by atoms with Crippen LogP contribution in [0.5, 0.6) is 11.5 Å². The van der Waals surface area contributed by atoms with Crippen molar-refractivity contribution < 1.29 is 19.6 Å². The maximum Gasteiger partial charge on any atom is 0.311 e. The van der Waals surface area contributed by atoms with Crippen molar-refractivity contribution in [2.75, 3.05) is 6.54 Å². The summed E-state index contributed by atoms with van der Waals surface area (Å²) in [6.45, 7) is 1.70. The molecule has 0 saturated heterocycles. The molecule has 1 amide bonds. The molecule has 2 N–H and O–H groups in total. The van der Waals surface area contributed by atoms with Gasteiger partial charge in [0.05, 0.1) is 11.0 Å². The second-order valence-electron chi connectivity index (χ2n) is 4.91. The van der Waals surface area contributed by atoms with E-state index in [0.717, 1.165) is 0 Å². The number of rotatable bonds is 6. The molecule has 0 aromatic heterocycles. The number of nitro groups is 1. The van der Waals surface area contributed by atoms with Gasteiger partial charge in [-0.05, 0) is 31.2 Å². The SMILES string of the molecule is C[C@@H](O)CNC(=O)c1cccc(Oc2ccccc2[N+](=O)[O-])c1. The fourth-order valence-electron chi connectivity index (χ4n) is 1.86. The molecule has 0 bridgehead atoms. The molecule has 0 heterocycles. The molecule has 0 aliphatic carbocycles. The second kappa shape index (κ2) is 7.37. The number of nitro benzene ring substituents is 1.